The molecule has 0 aliphatic heterocycles. The summed E-state index contributed by atoms with van der Waals surface area (Å²) >= 11 is 0. The molecule has 78 valence electrons. The third kappa shape index (κ3) is 2.29. The average molecular weight is 196 g/mol. The lowest BCUT2D eigenvalue weighted by atomic mass is 10.2. The van der Waals surface area contributed by atoms with Crippen molar-refractivity contribution in [3.05, 3.63) is 18.2 Å². The van der Waals surface area contributed by atoms with Gasteiger partial charge in [-0.3, -0.25) is 9.90 Å². The molecular weight excluding hydrogens is 180 g/mol. The highest BCUT2D eigenvalue weighted by molar-refractivity contribution is 5.61. The predicted molar refractivity (Wildman–Crippen MR) is 57.4 cm³/mol. The minimum atomic E-state index is 0.602. The molecular formula is C10H16N2O2. The lowest BCUT2D eigenvalue weighted by Crippen LogP contribution is -2.14. The Morgan fingerprint density at radius 1 is 1.43 bits per heavy atom. The van der Waals surface area contributed by atoms with E-state index in [1.54, 1.807) is 18.2 Å². The summed E-state index contributed by atoms with van der Waals surface area (Å²) in [6.07, 6.45) is 0. The normalized spacial score (nSPS) is 9.93. The van der Waals surface area contributed by atoms with Crippen molar-refractivity contribution in [1.82, 2.24) is 0 Å². The fourth-order valence-electron chi connectivity index (χ4n) is 1.10. The van der Waals surface area contributed by atoms with Crippen molar-refractivity contribution >= 4 is 11.4 Å². The van der Waals surface area contributed by atoms with Gasteiger partial charge in [0.2, 0.25) is 0 Å². The highest BCUT2D eigenvalue weighted by Gasteiger charge is 2.04. The Morgan fingerprint density at radius 2 is 2.14 bits per heavy atom. The zero-order valence-electron chi connectivity index (χ0n) is 8.78. The molecule has 1 rings (SSSR count). The van der Waals surface area contributed by atoms with Gasteiger partial charge in [0.05, 0.1) is 25.1 Å². The van der Waals surface area contributed by atoms with Crippen LogP contribution in [0.4, 0.5) is 11.4 Å². The molecule has 14 heavy (non-hydrogen) atoms. The highest BCUT2D eigenvalue weighted by Crippen LogP contribution is 2.27. The summed E-state index contributed by atoms with van der Waals surface area (Å²) in [5.41, 5.74) is 7.28. The average Bonchev–Trinajstić information content (AvgIpc) is 2.20. The Labute approximate surface area is 84.2 Å². The molecule has 0 aliphatic carbocycles. The van der Waals surface area contributed by atoms with Crippen LogP contribution in [0.1, 0.15) is 6.92 Å². The SMILES string of the molecule is CCOc1cc(N(C)OC)ccc1N. The van der Waals surface area contributed by atoms with Crippen LogP contribution in [0.3, 0.4) is 0 Å². The molecule has 0 saturated carbocycles. The fourth-order valence-corrected chi connectivity index (χ4v) is 1.10. The molecule has 0 saturated heterocycles. The van der Waals surface area contributed by atoms with E-state index in [2.05, 4.69) is 0 Å². The summed E-state index contributed by atoms with van der Waals surface area (Å²) in [6.45, 7) is 2.52. The van der Waals surface area contributed by atoms with Gasteiger partial charge in [-0.2, -0.15) is 0 Å². The standard InChI is InChI=1S/C10H16N2O2/c1-4-14-10-7-8(12(2)13-3)5-6-9(10)11/h5-7H,4,11H2,1-3H3. The molecule has 0 aromatic heterocycles. The van der Waals surface area contributed by atoms with E-state index in [4.69, 9.17) is 15.3 Å². The lowest BCUT2D eigenvalue weighted by molar-refractivity contribution is 0.184. The van der Waals surface area contributed by atoms with E-state index in [9.17, 15) is 0 Å². The van der Waals surface area contributed by atoms with Crippen LogP contribution in [0.2, 0.25) is 0 Å². The Balaban J connectivity index is 2.93. The van der Waals surface area contributed by atoms with Crippen molar-refractivity contribution in [3.8, 4) is 5.75 Å². The molecule has 0 amide bonds. The van der Waals surface area contributed by atoms with E-state index in [1.165, 1.54) is 0 Å². The molecule has 0 atom stereocenters. The smallest absolute Gasteiger partial charge is 0.144 e. The number of nitrogen functional groups attached to an aromatic ring is 1. The summed E-state index contributed by atoms with van der Waals surface area (Å²) in [7, 11) is 3.43. The minimum Gasteiger partial charge on any atom is -0.492 e. The van der Waals surface area contributed by atoms with Gasteiger partial charge in [0, 0.05) is 13.1 Å². The third-order valence-electron chi connectivity index (χ3n) is 1.93. The first-order chi connectivity index (χ1) is 6.69. The molecule has 0 aliphatic rings. The van der Waals surface area contributed by atoms with Crippen molar-refractivity contribution in [1.29, 1.82) is 0 Å². The molecule has 0 radical (unpaired) electrons. The van der Waals surface area contributed by atoms with E-state index in [-0.39, 0.29) is 0 Å². The van der Waals surface area contributed by atoms with Crippen LogP contribution in [0.5, 0.6) is 5.75 Å². The number of hydrogen-bond acceptors (Lipinski definition) is 4. The molecule has 0 spiro atoms. The fraction of sp³-hybridized carbons (Fsp3) is 0.400. The topological polar surface area (TPSA) is 47.7 Å². The minimum absolute atomic E-state index is 0.602. The number of nitrogens with zero attached hydrogens (tertiary/aromatic N) is 1. The molecule has 0 unspecified atom stereocenters. The number of hydrogen-bond donors (Lipinski definition) is 1. The van der Waals surface area contributed by atoms with Gasteiger partial charge in [0.15, 0.2) is 0 Å². The summed E-state index contributed by atoms with van der Waals surface area (Å²) in [6, 6.07) is 5.53. The highest BCUT2D eigenvalue weighted by atomic mass is 16.7. The van der Waals surface area contributed by atoms with Gasteiger partial charge < -0.3 is 10.5 Å². The molecule has 0 heterocycles. The Hall–Kier alpha value is -1.42. The van der Waals surface area contributed by atoms with Crippen LogP contribution >= 0.6 is 0 Å². The molecule has 2 N–H and O–H groups in total. The van der Waals surface area contributed by atoms with Crippen molar-refractivity contribution in [2.45, 2.75) is 6.92 Å². The van der Waals surface area contributed by atoms with Crippen LogP contribution in [-0.4, -0.2) is 20.8 Å². The van der Waals surface area contributed by atoms with Crippen LogP contribution < -0.4 is 15.5 Å². The number of nitrogens with two attached hydrogens (primary N) is 1. The lowest BCUT2D eigenvalue weighted by Gasteiger charge is -2.17. The van der Waals surface area contributed by atoms with Crippen molar-refractivity contribution in [3.63, 3.8) is 0 Å². The Kier molecular flexibility index (Phi) is 3.59. The van der Waals surface area contributed by atoms with Gasteiger partial charge in [-0.15, -0.1) is 0 Å². The second kappa shape index (κ2) is 4.72. The van der Waals surface area contributed by atoms with Gasteiger partial charge in [-0.25, -0.2) is 0 Å². The van der Waals surface area contributed by atoms with E-state index >= 15 is 0 Å². The van der Waals surface area contributed by atoms with Crippen LogP contribution in [0.15, 0.2) is 18.2 Å². The Morgan fingerprint density at radius 3 is 2.71 bits per heavy atom. The number of hydroxylamine groups is 1. The first-order valence-corrected chi connectivity index (χ1v) is 4.49. The van der Waals surface area contributed by atoms with E-state index < -0.39 is 0 Å². The molecule has 0 fully saturated rings. The summed E-state index contributed by atoms with van der Waals surface area (Å²) in [5, 5.41) is 1.64. The van der Waals surface area contributed by atoms with Gasteiger partial charge in [-0.05, 0) is 19.1 Å². The second-order valence-corrected chi connectivity index (χ2v) is 2.84. The first-order valence-electron chi connectivity index (χ1n) is 4.49. The number of benzene rings is 1. The van der Waals surface area contributed by atoms with E-state index in [1.807, 2.05) is 26.1 Å². The predicted octanol–water partition coefficient (Wildman–Crippen LogP) is 1.67. The Bertz CT molecular complexity index is 302. The molecule has 1 aromatic carbocycles. The maximum atomic E-state index is 5.73. The summed E-state index contributed by atoms with van der Waals surface area (Å²) < 4.78 is 5.36. The van der Waals surface area contributed by atoms with Gasteiger partial charge in [-0.1, -0.05) is 0 Å². The summed E-state index contributed by atoms with van der Waals surface area (Å²) in [5.74, 6) is 0.689. The van der Waals surface area contributed by atoms with Crippen molar-refractivity contribution in [2.75, 3.05) is 31.6 Å². The summed E-state index contributed by atoms with van der Waals surface area (Å²) in [4.78, 5) is 5.05. The number of anilines is 2. The van der Waals surface area contributed by atoms with Gasteiger partial charge in [0.25, 0.3) is 0 Å². The number of rotatable bonds is 4. The van der Waals surface area contributed by atoms with E-state index in [0.29, 0.717) is 18.0 Å². The van der Waals surface area contributed by atoms with Gasteiger partial charge in [0.1, 0.15) is 5.75 Å². The quantitative estimate of drug-likeness (QED) is 0.587. The maximum absolute atomic E-state index is 5.73. The van der Waals surface area contributed by atoms with Crippen molar-refractivity contribution < 1.29 is 9.57 Å². The van der Waals surface area contributed by atoms with Crippen LogP contribution in [-0.2, 0) is 4.84 Å². The number of ether oxygens (including phenoxy) is 1. The zero-order chi connectivity index (χ0) is 10.6. The molecule has 4 heteroatoms. The molecule has 0 bridgehead atoms. The monoisotopic (exact) mass is 196 g/mol. The van der Waals surface area contributed by atoms with E-state index in [0.717, 1.165) is 5.69 Å². The maximum Gasteiger partial charge on any atom is 0.144 e. The largest absolute Gasteiger partial charge is 0.492 e. The van der Waals surface area contributed by atoms with Crippen LogP contribution in [0.25, 0.3) is 0 Å². The zero-order valence-corrected chi connectivity index (χ0v) is 8.78. The van der Waals surface area contributed by atoms with Crippen LogP contribution in [0, 0.1) is 0 Å². The third-order valence-corrected chi connectivity index (χ3v) is 1.93. The van der Waals surface area contributed by atoms with Crippen molar-refractivity contribution in [2.24, 2.45) is 0 Å². The second-order valence-electron chi connectivity index (χ2n) is 2.84. The van der Waals surface area contributed by atoms with Gasteiger partial charge >= 0.3 is 0 Å². The molecule has 1 aromatic rings. The molecule has 4 nitrogen and oxygen atoms in total. The first kappa shape index (κ1) is 10.7.